The SMILES string of the molecule is CC(C)[NH2+]C(C)(C)COC(=O)c1ccc(N)cc1.O=S(=O)([O-])O. The number of ether oxygens (including phenoxy) is 1. The second-order valence-corrected chi connectivity index (χ2v) is 6.88. The highest BCUT2D eigenvalue weighted by molar-refractivity contribution is 7.79. The fourth-order valence-corrected chi connectivity index (χ4v) is 1.90. The Morgan fingerprint density at radius 2 is 1.78 bits per heavy atom. The lowest BCUT2D eigenvalue weighted by atomic mass is 10.1. The molecule has 1 rings (SSSR count). The van der Waals surface area contributed by atoms with Gasteiger partial charge < -0.3 is 20.3 Å². The van der Waals surface area contributed by atoms with E-state index in [9.17, 15) is 4.79 Å². The molecular formula is C14H24N2O6S. The van der Waals surface area contributed by atoms with Gasteiger partial charge in [-0.3, -0.25) is 4.55 Å². The summed E-state index contributed by atoms with van der Waals surface area (Å²) < 4.78 is 38.2. The van der Waals surface area contributed by atoms with Gasteiger partial charge in [-0.2, -0.15) is 0 Å². The van der Waals surface area contributed by atoms with Crippen molar-refractivity contribution in [3.05, 3.63) is 29.8 Å². The zero-order chi connectivity index (χ0) is 18.3. The maximum atomic E-state index is 11.8. The predicted molar refractivity (Wildman–Crippen MR) is 84.6 cm³/mol. The highest BCUT2D eigenvalue weighted by atomic mass is 32.3. The molecule has 0 saturated carbocycles. The van der Waals surface area contributed by atoms with Crippen molar-refractivity contribution >= 4 is 22.1 Å². The van der Waals surface area contributed by atoms with Gasteiger partial charge in [0.1, 0.15) is 12.1 Å². The standard InChI is InChI=1S/C14H22N2O2.H2O4S/c1-10(2)16-14(3,4)9-18-13(17)11-5-7-12(15)8-6-11;1-5(2,3)4/h5-8,10,16H,9,15H2,1-4H3;(H2,1,2,3,4). The monoisotopic (exact) mass is 348 g/mol. The van der Waals surface area contributed by atoms with E-state index < -0.39 is 10.4 Å². The molecule has 0 bridgehead atoms. The third-order valence-electron chi connectivity index (χ3n) is 2.51. The third kappa shape index (κ3) is 12.5. The first-order valence-corrected chi connectivity index (χ1v) is 8.23. The van der Waals surface area contributed by atoms with Gasteiger partial charge in [-0.1, -0.05) is 0 Å². The number of hydrogen-bond acceptors (Lipinski definition) is 6. The lowest BCUT2D eigenvalue weighted by Gasteiger charge is -2.24. The second-order valence-electron chi connectivity index (χ2n) is 6.03. The van der Waals surface area contributed by atoms with Crippen molar-refractivity contribution in [1.29, 1.82) is 0 Å². The van der Waals surface area contributed by atoms with E-state index in [1.54, 1.807) is 24.3 Å². The number of nitrogen functional groups attached to an aromatic ring is 1. The van der Waals surface area contributed by atoms with Gasteiger partial charge in [0.15, 0.2) is 0 Å². The van der Waals surface area contributed by atoms with Crippen LogP contribution in [0.2, 0.25) is 0 Å². The minimum absolute atomic E-state index is 0.113. The van der Waals surface area contributed by atoms with Crippen molar-refractivity contribution in [2.45, 2.75) is 39.3 Å². The van der Waals surface area contributed by atoms with Crippen LogP contribution in [-0.4, -0.2) is 41.7 Å². The quantitative estimate of drug-likeness (QED) is 0.298. The average Bonchev–Trinajstić information content (AvgIpc) is 2.33. The van der Waals surface area contributed by atoms with Gasteiger partial charge in [0, 0.05) is 5.69 Å². The first kappa shape index (κ1) is 21.3. The molecule has 5 N–H and O–H groups in total. The number of esters is 1. The first-order valence-electron chi connectivity index (χ1n) is 6.87. The van der Waals surface area contributed by atoms with Crippen LogP contribution in [-0.2, 0) is 15.1 Å². The Labute approximate surface area is 136 Å². The Hall–Kier alpha value is -1.68. The van der Waals surface area contributed by atoms with Gasteiger partial charge in [0.25, 0.3) is 0 Å². The number of anilines is 1. The molecule has 0 saturated heterocycles. The minimum atomic E-state index is -4.92. The number of hydrogen-bond donors (Lipinski definition) is 3. The molecule has 0 aliphatic carbocycles. The van der Waals surface area contributed by atoms with E-state index in [1.807, 2.05) is 0 Å². The second kappa shape index (κ2) is 8.82. The zero-order valence-electron chi connectivity index (χ0n) is 13.6. The van der Waals surface area contributed by atoms with Gasteiger partial charge in [-0.05, 0) is 52.0 Å². The molecular weight excluding hydrogens is 324 g/mol. The van der Waals surface area contributed by atoms with Crippen LogP contribution in [0.5, 0.6) is 0 Å². The minimum Gasteiger partial charge on any atom is -0.726 e. The van der Waals surface area contributed by atoms with Crippen molar-refractivity contribution < 1.29 is 32.4 Å². The Bertz CT molecular complexity index is 588. The molecule has 0 radical (unpaired) electrons. The maximum absolute atomic E-state index is 11.8. The maximum Gasteiger partial charge on any atom is 0.338 e. The summed E-state index contributed by atoms with van der Waals surface area (Å²) in [6.45, 7) is 8.73. The van der Waals surface area contributed by atoms with Crippen LogP contribution < -0.4 is 11.1 Å². The van der Waals surface area contributed by atoms with Crippen molar-refractivity contribution in [3.8, 4) is 0 Å². The molecule has 0 aromatic heterocycles. The molecule has 0 heterocycles. The summed E-state index contributed by atoms with van der Waals surface area (Å²) in [4.78, 5) is 11.8. The number of carbonyl (C=O) groups is 1. The molecule has 23 heavy (non-hydrogen) atoms. The van der Waals surface area contributed by atoms with Crippen molar-refractivity contribution in [2.75, 3.05) is 12.3 Å². The van der Waals surface area contributed by atoms with E-state index in [2.05, 4.69) is 33.0 Å². The molecule has 0 atom stereocenters. The number of carbonyl (C=O) groups excluding carboxylic acids is 1. The summed E-state index contributed by atoms with van der Waals surface area (Å²) in [5.74, 6) is -0.305. The summed E-state index contributed by atoms with van der Waals surface area (Å²) in [5.41, 5.74) is 6.63. The van der Waals surface area contributed by atoms with E-state index in [0.717, 1.165) is 0 Å². The zero-order valence-corrected chi connectivity index (χ0v) is 14.5. The van der Waals surface area contributed by atoms with Crippen LogP contribution in [0.4, 0.5) is 5.69 Å². The van der Waals surface area contributed by atoms with Crippen LogP contribution >= 0.6 is 0 Å². The van der Waals surface area contributed by atoms with Crippen LogP contribution in [0.1, 0.15) is 38.1 Å². The van der Waals surface area contributed by atoms with Crippen molar-refractivity contribution in [1.82, 2.24) is 0 Å². The Kier molecular flexibility index (Phi) is 8.18. The Morgan fingerprint density at radius 1 is 1.35 bits per heavy atom. The van der Waals surface area contributed by atoms with Gasteiger partial charge >= 0.3 is 5.97 Å². The molecule has 9 heteroatoms. The van der Waals surface area contributed by atoms with Crippen LogP contribution in [0.15, 0.2) is 24.3 Å². The summed E-state index contributed by atoms with van der Waals surface area (Å²) >= 11 is 0. The van der Waals surface area contributed by atoms with Crippen LogP contribution in [0.25, 0.3) is 0 Å². The average molecular weight is 348 g/mol. The fraction of sp³-hybridized carbons (Fsp3) is 0.500. The van der Waals surface area contributed by atoms with Crippen molar-refractivity contribution in [3.63, 3.8) is 0 Å². The van der Waals surface area contributed by atoms with Gasteiger partial charge in [0.2, 0.25) is 10.4 Å². The van der Waals surface area contributed by atoms with E-state index in [-0.39, 0.29) is 11.5 Å². The summed E-state index contributed by atoms with van der Waals surface area (Å²) in [6.07, 6.45) is 0. The molecule has 132 valence electrons. The van der Waals surface area contributed by atoms with Gasteiger partial charge in [-0.15, -0.1) is 0 Å². The lowest BCUT2D eigenvalue weighted by Crippen LogP contribution is -2.99. The molecule has 8 nitrogen and oxygen atoms in total. The van der Waals surface area contributed by atoms with Crippen molar-refractivity contribution in [2.24, 2.45) is 0 Å². The highest BCUT2D eigenvalue weighted by Crippen LogP contribution is 2.08. The first-order chi connectivity index (χ1) is 10.3. The molecule has 1 aromatic rings. The number of quaternary nitrogens is 1. The normalized spacial score (nSPS) is 11.6. The summed E-state index contributed by atoms with van der Waals surface area (Å²) in [5, 5.41) is 2.18. The molecule has 0 amide bonds. The van der Waals surface area contributed by atoms with Crippen LogP contribution in [0.3, 0.4) is 0 Å². The molecule has 0 unspecified atom stereocenters. The smallest absolute Gasteiger partial charge is 0.338 e. The van der Waals surface area contributed by atoms with Crippen LogP contribution in [0, 0.1) is 0 Å². The Morgan fingerprint density at radius 3 is 2.17 bits per heavy atom. The summed E-state index contributed by atoms with van der Waals surface area (Å²) in [6, 6.07) is 7.22. The topological polar surface area (TPSA) is 146 Å². The predicted octanol–water partition coefficient (Wildman–Crippen LogP) is 0.181. The molecule has 1 aromatic carbocycles. The van der Waals surface area contributed by atoms with E-state index in [4.69, 9.17) is 28.0 Å². The van der Waals surface area contributed by atoms with Gasteiger partial charge in [0.05, 0.1) is 11.6 Å². The number of rotatable bonds is 5. The van der Waals surface area contributed by atoms with E-state index in [0.29, 0.717) is 23.9 Å². The molecule has 0 aliphatic heterocycles. The number of nitrogens with two attached hydrogens (primary N) is 2. The van der Waals surface area contributed by atoms with E-state index >= 15 is 0 Å². The summed E-state index contributed by atoms with van der Waals surface area (Å²) in [7, 11) is -4.92. The fourth-order valence-electron chi connectivity index (χ4n) is 1.90. The number of benzene rings is 1. The van der Waals surface area contributed by atoms with Gasteiger partial charge in [-0.25, -0.2) is 13.2 Å². The third-order valence-corrected chi connectivity index (χ3v) is 2.51. The Balaban J connectivity index is 0.000000841. The van der Waals surface area contributed by atoms with E-state index in [1.165, 1.54) is 0 Å². The molecule has 0 fully saturated rings. The highest BCUT2D eigenvalue weighted by Gasteiger charge is 2.25. The lowest BCUT2D eigenvalue weighted by molar-refractivity contribution is -0.746. The molecule has 0 spiro atoms. The molecule has 0 aliphatic rings. The largest absolute Gasteiger partial charge is 0.726 e.